The average Bonchev–Trinajstić information content (AvgIpc) is 2.82. The minimum absolute atomic E-state index is 0.0425. The number of halogens is 2. The zero-order valence-electron chi connectivity index (χ0n) is 10.7. The maximum atomic E-state index is 6.18. The van der Waals surface area contributed by atoms with Crippen molar-refractivity contribution in [3.63, 3.8) is 0 Å². The Morgan fingerprint density at radius 1 is 1.47 bits per heavy atom. The molecule has 0 saturated heterocycles. The van der Waals surface area contributed by atoms with Crippen LogP contribution in [0.3, 0.4) is 0 Å². The number of nitrogens with zero attached hydrogens (tertiary/aromatic N) is 3. The van der Waals surface area contributed by atoms with E-state index in [0.29, 0.717) is 11.6 Å². The monoisotopic (exact) mass is 342 g/mol. The van der Waals surface area contributed by atoms with Crippen LogP contribution in [0.5, 0.6) is 0 Å². The summed E-state index contributed by atoms with van der Waals surface area (Å²) >= 11 is 9.57. The molecule has 1 aromatic heterocycles. The number of benzene rings is 1. The molecule has 0 aliphatic rings. The second-order valence-electron chi connectivity index (χ2n) is 4.47. The number of hydrogen-bond acceptors (Lipinski definition) is 3. The Kier molecular flexibility index (Phi) is 4.96. The summed E-state index contributed by atoms with van der Waals surface area (Å²) in [6.07, 6.45) is 3.84. The zero-order valence-corrected chi connectivity index (χ0v) is 13.0. The molecule has 1 heterocycles. The van der Waals surface area contributed by atoms with Crippen molar-refractivity contribution in [3.05, 3.63) is 45.1 Å². The molecule has 0 radical (unpaired) electrons. The van der Waals surface area contributed by atoms with Crippen LogP contribution in [-0.2, 0) is 6.54 Å². The maximum Gasteiger partial charge on any atom is 0.0994 e. The lowest BCUT2D eigenvalue weighted by Crippen LogP contribution is -2.10. The molecule has 2 N–H and O–H groups in total. The molecular formula is C13H16BrClN4. The Balaban J connectivity index is 2.11. The predicted octanol–water partition coefficient (Wildman–Crippen LogP) is 3.54. The van der Waals surface area contributed by atoms with Gasteiger partial charge in [-0.05, 0) is 24.1 Å². The summed E-state index contributed by atoms with van der Waals surface area (Å²) in [6, 6.07) is 5.76. The van der Waals surface area contributed by atoms with Crippen LogP contribution in [0.4, 0.5) is 0 Å². The van der Waals surface area contributed by atoms with Gasteiger partial charge in [0.2, 0.25) is 0 Å². The fourth-order valence-corrected chi connectivity index (χ4v) is 2.58. The van der Waals surface area contributed by atoms with Crippen molar-refractivity contribution in [2.24, 2.45) is 5.73 Å². The summed E-state index contributed by atoms with van der Waals surface area (Å²) in [4.78, 5) is 0. The molecule has 2 aromatic rings. The van der Waals surface area contributed by atoms with E-state index >= 15 is 0 Å². The minimum Gasteiger partial charge on any atom is -0.323 e. The van der Waals surface area contributed by atoms with Crippen molar-refractivity contribution in [2.45, 2.75) is 32.4 Å². The van der Waals surface area contributed by atoms with Crippen molar-refractivity contribution in [1.82, 2.24) is 15.0 Å². The summed E-state index contributed by atoms with van der Waals surface area (Å²) < 4.78 is 2.73. The third-order valence-electron chi connectivity index (χ3n) is 2.88. The van der Waals surface area contributed by atoms with Crippen LogP contribution < -0.4 is 5.73 Å². The number of nitrogens with two attached hydrogens (primary N) is 1. The van der Waals surface area contributed by atoms with E-state index in [9.17, 15) is 0 Å². The van der Waals surface area contributed by atoms with Gasteiger partial charge >= 0.3 is 0 Å². The van der Waals surface area contributed by atoms with Gasteiger partial charge in [0.05, 0.1) is 24.5 Å². The lowest BCUT2D eigenvalue weighted by Gasteiger charge is -2.05. The molecule has 19 heavy (non-hydrogen) atoms. The molecule has 0 bridgehead atoms. The fraction of sp³-hybridized carbons (Fsp3) is 0.385. The lowest BCUT2D eigenvalue weighted by atomic mass is 10.1. The Morgan fingerprint density at radius 2 is 2.26 bits per heavy atom. The normalized spacial score (nSPS) is 12.6. The Bertz CT molecular complexity index is 555. The maximum absolute atomic E-state index is 6.18. The molecule has 1 aromatic carbocycles. The highest BCUT2D eigenvalue weighted by Gasteiger charge is 2.10. The summed E-state index contributed by atoms with van der Waals surface area (Å²) in [6.45, 7) is 2.70. The molecule has 4 nitrogen and oxygen atoms in total. The Labute approximate surface area is 126 Å². The van der Waals surface area contributed by atoms with Crippen LogP contribution in [0.15, 0.2) is 28.9 Å². The van der Waals surface area contributed by atoms with Gasteiger partial charge in [0, 0.05) is 9.50 Å². The molecule has 2 rings (SSSR count). The molecule has 0 aliphatic heterocycles. The van der Waals surface area contributed by atoms with Gasteiger partial charge in [-0.1, -0.05) is 52.2 Å². The Hall–Kier alpha value is -0.910. The second-order valence-corrected chi connectivity index (χ2v) is 5.79. The van der Waals surface area contributed by atoms with Crippen LogP contribution in [0.1, 0.15) is 37.1 Å². The first-order chi connectivity index (χ1) is 9.10. The molecular weight excluding hydrogens is 328 g/mol. The molecule has 102 valence electrons. The first kappa shape index (κ1) is 14.5. The zero-order chi connectivity index (χ0) is 13.8. The summed E-state index contributed by atoms with van der Waals surface area (Å²) in [7, 11) is 0. The molecule has 1 unspecified atom stereocenters. The SMILES string of the molecule is CCCC(N)c1cn(Cc2ccc(Br)cc2Cl)nn1. The number of rotatable bonds is 5. The van der Waals surface area contributed by atoms with E-state index in [1.165, 1.54) is 0 Å². The highest BCUT2D eigenvalue weighted by Crippen LogP contribution is 2.22. The van der Waals surface area contributed by atoms with Gasteiger partial charge in [0.25, 0.3) is 0 Å². The van der Waals surface area contributed by atoms with E-state index in [-0.39, 0.29) is 6.04 Å². The molecule has 6 heteroatoms. The van der Waals surface area contributed by atoms with Gasteiger partial charge in [-0.3, -0.25) is 0 Å². The minimum atomic E-state index is -0.0425. The van der Waals surface area contributed by atoms with Crippen LogP contribution in [-0.4, -0.2) is 15.0 Å². The Morgan fingerprint density at radius 3 is 2.95 bits per heavy atom. The van der Waals surface area contributed by atoms with Crippen molar-refractivity contribution >= 4 is 27.5 Å². The van der Waals surface area contributed by atoms with Gasteiger partial charge in [-0.15, -0.1) is 5.10 Å². The lowest BCUT2D eigenvalue weighted by molar-refractivity contribution is 0.617. The predicted molar refractivity (Wildman–Crippen MR) is 80.1 cm³/mol. The molecule has 0 saturated carbocycles. The smallest absolute Gasteiger partial charge is 0.0994 e. The van der Waals surface area contributed by atoms with Crippen molar-refractivity contribution in [3.8, 4) is 0 Å². The van der Waals surface area contributed by atoms with E-state index in [0.717, 1.165) is 28.6 Å². The van der Waals surface area contributed by atoms with Crippen molar-refractivity contribution in [1.29, 1.82) is 0 Å². The highest BCUT2D eigenvalue weighted by molar-refractivity contribution is 9.10. The van der Waals surface area contributed by atoms with Crippen molar-refractivity contribution < 1.29 is 0 Å². The van der Waals surface area contributed by atoms with E-state index in [1.54, 1.807) is 4.68 Å². The molecule has 0 spiro atoms. The van der Waals surface area contributed by atoms with Gasteiger partial charge in [-0.25, -0.2) is 4.68 Å². The topological polar surface area (TPSA) is 56.7 Å². The largest absolute Gasteiger partial charge is 0.323 e. The quantitative estimate of drug-likeness (QED) is 0.903. The number of aromatic nitrogens is 3. The second kappa shape index (κ2) is 6.50. The average molecular weight is 344 g/mol. The van der Waals surface area contributed by atoms with Crippen LogP contribution >= 0.6 is 27.5 Å². The van der Waals surface area contributed by atoms with Gasteiger partial charge in [0.1, 0.15) is 0 Å². The molecule has 1 atom stereocenters. The van der Waals surface area contributed by atoms with E-state index in [1.807, 2.05) is 24.4 Å². The third kappa shape index (κ3) is 3.78. The van der Waals surface area contributed by atoms with E-state index < -0.39 is 0 Å². The number of hydrogen-bond donors (Lipinski definition) is 1. The summed E-state index contributed by atoms with van der Waals surface area (Å²) in [5.74, 6) is 0. The molecule has 0 aliphatic carbocycles. The van der Waals surface area contributed by atoms with Crippen molar-refractivity contribution in [2.75, 3.05) is 0 Å². The van der Waals surface area contributed by atoms with Gasteiger partial charge in [-0.2, -0.15) is 0 Å². The fourth-order valence-electron chi connectivity index (χ4n) is 1.84. The first-order valence-corrected chi connectivity index (χ1v) is 7.36. The summed E-state index contributed by atoms with van der Waals surface area (Å²) in [5.41, 5.74) is 7.85. The van der Waals surface area contributed by atoms with Crippen LogP contribution in [0, 0.1) is 0 Å². The standard InChI is InChI=1S/C13H16BrClN4/c1-2-3-12(16)13-8-19(18-17-13)7-9-4-5-10(14)6-11(9)15/h4-6,8,12H,2-3,7,16H2,1H3. The van der Waals surface area contributed by atoms with E-state index in [4.69, 9.17) is 17.3 Å². The van der Waals surface area contributed by atoms with Gasteiger partial charge < -0.3 is 5.73 Å². The third-order valence-corrected chi connectivity index (χ3v) is 3.73. The highest BCUT2D eigenvalue weighted by atomic mass is 79.9. The summed E-state index contributed by atoms with van der Waals surface area (Å²) in [5, 5.41) is 8.92. The first-order valence-electron chi connectivity index (χ1n) is 6.19. The van der Waals surface area contributed by atoms with Crippen LogP contribution in [0.25, 0.3) is 0 Å². The molecule has 0 fully saturated rings. The molecule has 0 amide bonds. The van der Waals surface area contributed by atoms with E-state index in [2.05, 4.69) is 33.2 Å². The van der Waals surface area contributed by atoms with Gasteiger partial charge in [0.15, 0.2) is 0 Å². The van der Waals surface area contributed by atoms with Crippen LogP contribution in [0.2, 0.25) is 5.02 Å².